The average molecular weight is 220 g/mol. The van der Waals surface area contributed by atoms with Crippen LogP contribution in [0.2, 0.25) is 0 Å². The quantitative estimate of drug-likeness (QED) is 0.801. The summed E-state index contributed by atoms with van der Waals surface area (Å²) in [6, 6.07) is 0. The Bertz CT molecular complexity index is 384. The van der Waals surface area contributed by atoms with Gasteiger partial charge in [0, 0.05) is 7.05 Å². The number of rotatable bonds is 2. The molecule has 1 unspecified atom stereocenters. The van der Waals surface area contributed by atoms with Gasteiger partial charge in [-0.1, -0.05) is 5.21 Å². The highest BCUT2D eigenvalue weighted by Gasteiger charge is 2.48. The third kappa shape index (κ3) is 1.56. The molecular weight excluding hydrogens is 200 g/mol. The second-order valence-corrected chi connectivity index (χ2v) is 5.23. The minimum atomic E-state index is 0.923. The van der Waals surface area contributed by atoms with E-state index in [1.807, 2.05) is 11.7 Å². The van der Waals surface area contributed by atoms with Crippen LogP contribution >= 0.6 is 0 Å². The van der Waals surface area contributed by atoms with Gasteiger partial charge in [0.25, 0.3) is 0 Å². The molecule has 2 aliphatic rings. The highest BCUT2D eigenvalue weighted by molar-refractivity contribution is 5.15. The molecule has 1 aromatic heterocycles. The zero-order chi connectivity index (χ0) is 11.1. The van der Waals surface area contributed by atoms with Crippen LogP contribution in [0.15, 0.2) is 0 Å². The molecule has 3 atom stereocenters. The molecule has 0 radical (unpaired) electrons. The molecular formula is C12H20N4. The Hall–Kier alpha value is -0.900. The molecule has 1 heterocycles. The number of aryl methyl sites for hydroxylation is 2. The van der Waals surface area contributed by atoms with Gasteiger partial charge in [0.15, 0.2) is 0 Å². The molecule has 0 aromatic carbocycles. The predicted molar refractivity (Wildman–Crippen MR) is 62.0 cm³/mol. The van der Waals surface area contributed by atoms with Gasteiger partial charge in [0.1, 0.15) is 0 Å². The van der Waals surface area contributed by atoms with Crippen molar-refractivity contribution in [3.63, 3.8) is 0 Å². The maximum atomic E-state index is 4.28. The Morgan fingerprint density at radius 1 is 1.31 bits per heavy atom. The van der Waals surface area contributed by atoms with Gasteiger partial charge in [-0.2, -0.15) is 0 Å². The highest BCUT2D eigenvalue weighted by Crippen LogP contribution is 2.52. The maximum absolute atomic E-state index is 4.28. The predicted octanol–water partition coefficient (Wildman–Crippen LogP) is 0.775. The molecule has 0 amide bonds. The van der Waals surface area contributed by atoms with Crippen molar-refractivity contribution in [2.24, 2.45) is 24.8 Å². The van der Waals surface area contributed by atoms with Crippen molar-refractivity contribution in [2.75, 3.05) is 13.6 Å². The monoisotopic (exact) mass is 220 g/mol. The Morgan fingerprint density at radius 2 is 2.06 bits per heavy atom. The molecule has 88 valence electrons. The number of aromatic nitrogens is 3. The second kappa shape index (κ2) is 3.84. The van der Waals surface area contributed by atoms with Gasteiger partial charge in [-0.3, -0.25) is 4.68 Å². The largest absolute Gasteiger partial charge is 0.319 e. The van der Waals surface area contributed by atoms with Crippen LogP contribution in [0.1, 0.15) is 24.2 Å². The number of nitrogens with one attached hydrogen (secondary N) is 1. The molecule has 16 heavy (non-hydrogen) atoms. The SMILES string of the molecule is CNC[C@@H]1C2CCc3c(nnn3C)CC[C@@H]21. The fraction of sp³-hybridized carbons (Fsp3) is 0.833. The minimum Gasteiger partial charge on any atom is -0.319 e. The number of fused-ring (bicyclic) bond motifs is 2. The van der Waals surface area contributed by atoms with E-state index in [4.69, 9.17) is 0 Å². The van der Waals surface area contributed by atoms with Gasteiger partial charge in [0.05, 0.1) is 11.4 Å². The zero-order valence-electron chi connectivity index (χ0n) is 10.1. The summed E-state index contributed by atoms with van der Waals surface area (Å²) in [7, 11) is 4.08. The average Bonchev–Trinajstić information content (AvgIpc) is 2.76. The molecule has 1 fully saturated rings. The third-order valence-electron chi connectivity index (χ3n) is 4.40. The molecule has 4 heteroatoms. The summed E-state index contributed by atoms with van der Waals surface area (Å²) in [5.74, 6) is 2.82. The lowest BCUT2D eigenvalue weighted by Gasteiger charge is -2.07. The van der Waals surface area contributed by atoms with E-state index in [0.717, 1.165) is 24.2 Å². The van der Waals surface area contributed by atoms with Crippen molar-refractivity contribution >= 4 is 0 Å². The maximum Gasteiger partial charge on any atom is 0.0859 e. The summed E-state index contributed by atoms with van der Waals surface area (Å²) < 4.78 is 1.96. The number of hydrogen-bond acceptors (Lipinski definition) is 3. The molecule has 1 aromatic rings. The van der Waals surface area contributed by atoms with Crippen LogP contribution in [0.25, 0.3) is 0 Å². The van der Waals surface area contributed by atoms with Crippen LogP contribution in [0.4, 0.5) is 0 Å². The summed E-state index contributed by atoms with van der Waals surface area (Å²) in [4.78, 5) is 0. The molecule has 0 spiro atoms. The molecule has 3 rings (SSSR count). The van der Waals surface area contributed by atoms with Crippen LogP contribution in [-0.4, -0.2) is 28.6 Å². The smallest absolute Gasteiger partial charge is 0.0859 e. The molecule has 0 bridgehead atoms. The van der Waals surface area contributed by atoms with Gasteiger partial charge in [0.2, 0.25) is 0 Å². The van der Waals surface area contributed by atoms with E-state index in [9.17, 15) is 0 Å². The Kier molecular flexibility index (Phi) is 2.46. The van der Waals surface area contributed by atoms with E-state index in [1.165, 1.54) is 37.2 Å². The normalized spacial score (nSPS) is 32.5. The summed E-state index contributed by atoms with van der Waals surface area (Å²) in [6.07, 6.45) is 4.93. The molecule has 4 nitrogen and oxygen atoms in total. The fourth-order valence-electron chi connectivity index (χ4n) is 3.45. The topological polar surface area (TPSA) is 42.7 Å². The first-order valence-corrected chi connectivity index (χ1v) is 6.33. The van der Waals surface area contributed by atoms with Crippen LogP contribution in [0.5, 0.6) is 0 Å². The van der Waals surface area contributed by atoms with Gasteiger partial charge in [-0.25, -0.2) is 0 Å². The molecule has 2 aliphatic carbocycles. The van der Waals surface area contributed by atoms with Gasteiger partial charge in [-0.15, -0.1) is 5.10 Å². The van der Waals surface area contributed by atoms with Crippen LogP contribution in [0, 0.1) is 17.8 Å². The first-order valence-electron chi connectivity index (χ1n) is 6.33. The van der Waals surface area contributed by atoms with Crippen molar-refractivity contribution in [1.82, 2.24) is 20.3 Å². The third-order valence-corrected chi connectivity index (χ3v) is 4.40. The van der Waals surface area contributed by atoms with Crippen molar-refractivity contribution in [3.05, 3.63) is 11.4 Å². The van der Waals surface area contributed by atoms with Gasteiger partial charge in [-0.05, 0) is 57.0 Å². The first kappa shape index (κ1) is 10.3. The number of hydrogen-bond donors (Lipinski definition) is 1. The second-order valence-electron chi connectivity index (χ2n) is 5.23. The van der Waals surface area contributed by atoms with E-state index >= 15 is 0 Å². The lowest BCUT2D eigenvalue weighted by Crippen LogP contribution is -2.11. The van der Waals surface area contributed by atoms with E-state index in [-0.39, 0.29) is 0 Å². The molecule has 0 saturated heterocycles. The van der Waals surface area contributed by atoms with Crippen molar-refractivity contribution < 1.29 is 0 Å². The van der Waals surface area contributed by atoms with Crippen LogP contribution in [-0.2, 0) is 19.9 Å². The first-order chi connectivity index (χ1) is 7.81. The summed E-state index contributed by atoms with van der Waals surface area (Å²) in [5, 5.41) is 11.7. The zero-order valence-corrected chi connectivity index (χ0v) is 10.1. The Labute approximate surface area is 96.4 Å². The molecule has 1 N–H and O–H groups in total. The number of nitrogens with zero attached hydrogens (tertiary/aromatic N) is 3. The van der Waals surface area contributed by atoms with Gasteiger partial charge >= 0.3 is 0 Å². The van der Waals surface area contributed by atoms with E-state index in [1.54, 1.807) is 0 Å². The van der Waals surface area contributed by atoms with Crippen molar-refractivity contribution in [3.8, 4) is 0 Å². The van der Waals surface area contributed by atoms with E-state index in [0.29, 0.717) is 0 Å². The van der Waals surface area contributed by atoms with Crippen LogP contribution < -0.4 is 5.32 Å². The van der Waals surface area contributed by atoms with Crippen molar-refractivity contribution in [2.45, 2.75) is 25.7 Å². The van der Waals surface area contributed by atoms with E-state index in [2.05, 4.69) is 22.7 Å². The standard InChI is InChI=1S/C12H20N4/c1-13-7-10-8-3-5-11-12(6-4-9(8)10)16(2)15-14-11/h8-10,13H,3-7H2,1-2H3/t8-,9?,10-/m0/s1. The molecule has 1 saturated carbocycles. The fourth-order valence-corrected chi connectivity index (χ4v) is 3.45. The minimum absolute atomic E-state index is 0.923. The summed E-state index contributed by atoms with van der Waals surface area (Å²) in [6.45, 7) is 1.19. The summed E-state index contributed by atoms with van der Waals surface area (Å²) in [5.41, 5.74) is 2.62. The lowest BCUT2D eigenvalue weighted by atomic mass is 10.0. The summed E-state index contributed by atoms with van der Waals surface area (Å²) >= 11 is 0. The van der Waals surface area contributed by atoms with E-state index < -0.39 is 0 Å². The Morgan fingerprint density at radius 3 is 2.81 bits per heavy atom. The highest BCUT2D eigenvalue weighted by atomic mass is 15.4. The van der Waals surface area contributed by atoms with Crippen LogP contribution in [0.3, 0.4) is 0 Å². The lowest BCUT2D eigenvalue weighted by molar-refractivity contribution is 0.566. The van der Waals surface area contributed by atoms with Crippen molar-refractivity contribution in [1.29, 1.82) is 0 Å². The molecule has 0 aliphatic heterocycles. The van der Waals surface area contributed by atoms with Gasteiger partial charge < -0.3 is 5.32 Å². The Balaban J connectivity index is 1.73.